The van der Waals surface area contributed by atoms with Gasteiger partial charge in [0.25, 0.3) is 0 Å². The van der Waals surface area contributed by atoms with E-state index in [2.05, 4.69) is 9.47 Å². The number of rotatable bonds is 3. The van der Waals surface area contributed by atoms with Crippen molar-refractivity contribution in [3.8, 4) is 5.75 Å². The first-order valence-corrected chi connectivity index (χ1v) is 6.60. The van der Waals surface area contributed by atoms with Gasteiger partial charge in [-0.2, -0.15) is 0 Å². The zero-order valence-corrected chi connectivity index (χ0v) is 12.8. The lowest BCUT2D eigenvalue weighted by atomic mass is 9.75. The second kappa shape index (κ2) is 4.90. The quantitative estimate of drug-likeness (QED) is 0.482. The van der Waals surface area contributed by atoms with Crippen LogP contribution in [0.15, 0.2) is 18.2 Å². The molecule has 1 unspecified atom stereocenters. The molecule has 1 aliphatic heterocycles. The zero-order chi connectivity index (χ0) is 14.3. The molecular formula is C13H18BO4P. The Labute approximate surface area is 116 Å². The van der Waals surface area contributed by atoms with Gasteiger partial charge in [0.2, 0.25) is 0 Å². The Morgan fingerprint density at radius 1 is 1.21 bits per heavy atom. The molecule has 4 nitrogen and oxygen atoms in total. The molecule has 1 heterocycles. The molecule has 0 amide bonds. The molecule has 1 aromatic carbocycles. The number of hydrogen-bond donors (Lipinski definition) is 0. The van der Waals surface area contributed by atoms with Crippen molar-refractivity contribution in [2.75, 3.05) is 0 Å². The summed E-state index contributed by atoms with van der Waals surface area (Å²) in [5.41, 5.74) is 0.238. The largest absolute Gasteiger partial charge is 0.499 e. The van der Waals surface area contributed by atoms with Gasteiger partial charge in [-0.1, -0.05) is 12.1 Å². The van der Waals surface area contributed by atoms with Crippen LogP contribution < -0.4 is 9.99 Å². The van der Waals surface area contributed by atoms with Crippen LogP contribution in [0.5, 0.6) is 5.75 Å². The van der Waals surface area contributed by atoms with Crippen LogP contribution in [-0.2, 0) is 9.31 Å². The first kappa shape index (κ1) is 14.5. The molecule has 0 bridgehead atoms. The predicted molar refractivity (Wildman–Crippen MR) is 77.9 cm³/mol. The molecular weight excluding hydrogens is 262 g/mol. The van der Waals surface area contributed by atoms with Crippen LogP contribution in [0.25, 0.3) is 0 Å². The van der Waals surface area contributed by atoms with Crippen LogP contribution in [0.2, 0.25) is 0 Å². The standard InChI is InChI=1S/C13H18BO4P/c1-12(2)13(3,4)18-14(17-12)11-9(8-15)6-5-7-10(11)16-19/h5-8H,19H2,1-4H3. The van der Waals surface area contributed by atoms with Gasteiger partial charge in [-0.15, -0.1) is 0 Å². The van der Waals surface area contributed by atoms with Crippen LogP contribution in [0.3, 0.4) is 0 Å². The molecule has 1 aliphatic rings. The van der Waals surface area contributed by atoms with Crippen LogP contribution in [0, 0.1) is 0 Å². The summed E-state index contributed by atoms with van der Waals surface area (Å²) in [5.74, 6) is 0.563. The zero-order valence-electron chi connectivity index (χ0n) is 11.6. The van der Waals surface area contributed by atoms with E-state index in [4.69, 9.17) is 13.8 Å². The van der Waals surface area contributed by atoms with Gasteiger partial charge in [0, 0.05) is 11.0 Å². The van der Waals surface area contributed by atoms with Gasteiger partial charge in [-0.05, 0) is 33.8 Å². The second-order valence-corrected chi connectivity index (χ2v) is 5.82. The smallest absolute Gasteiger partial charge is 0.481 e. The highest BCUT2D eigenvalue weighted by Crippen LogP contribution is 2.37. The molecule has 0 aliphatic carbocycles. The monoisotopic (exact) mass is 280 g/mol. The minimum Gasteiger partial charge on any atom is -0.481 e. The first-order chi connectivity index (χ1) is 8.82. The number of aldehydes is 1. The molecule has 102 valence electrons. The van der Waals surface area contributed by atoms with Gasteiger partial charge in [-0.25, -0.2) is 0 Å². The fraction of sp³-hybridized carbons (Fsp3) is 0.462. The van der Waals surface area contributed by atoms with E-state index in [1.54, 1.807) is 18.2 Å². The van der Waals surface area contributed by atoms with Crippen molar-refractivity contribution in [2.45, 2.75) is 38.9 Å². The molecule has 1 saturated heterocycles. The maximum Gasteiger partial charge on any atom is 0.499 e. The minimum atomic E-state index is -0.609. The number of carbonyl (C=O) groups is 1. The highest BCUT2D eigenvalue weighted by atomic mass is 31.0. The van der Waals surface area contributed by atoms with Gasteiger partial charge >= 0.3 is 7.12 Å². The maximum atomic E-state index is 11.2. The summed E-state index contributed by atoms with van der Waals surface area (Å²) >= 11 is 0. The third-order valence-electron chi connectivity index (χ3n) is 3.84. The van der Waals surface area contributed by atoms with Crippen molar-refractivity contribution in [1.29, 1.82) is 0 Å². The fourth-order valence-corrected chi connectivity index (χ4v) is 2.19. The summed E-state index contributed by atoms with van der Waals surface area (Å²) in [6.07, 6.45) is 0.785. The van der Waals surface area contributed by atoms with Crippen molar-refractivity contribution in [2.24, 2.45) is 0 Å². The lowest BCUT2D eigenvalue weighted by molar-refractivity contribution is 0.00578. The van der Waals surface area contributed by atoms with Crippen molar-refractivity contribution in [3.05, 3.63) is 23.8 Å². The molecule has 2 rings (SSSR count). The summed E-state index contributed by atoms with van der Waals surface area (Å²) < 4.78 is 17.2. The lowest BCUT2D eigenvalue weighted by Gasteiger charge is -2.32. The summed E-state index contributed by atoms with van der Waals surface area (Å²) in [6, 6.07) is 5.26. The molecule has 19 heavy (non-hydrogen) atoms. The average molecular weight is 280 g/mol. The highest BCUT2D eigenvalue weighted by Gasteiger charge is 2.53. The molecule has 1 aromatic rings. The summed E-state index contributed by atoms with van der Waals surface area (Å²) in [7, 11) is 1.57. The number of hydrogen-bond acceptors (Lipinski definition) is 4. The van der Waals surface area contributed by atoms with Gasteiger partial charge < -0.3 is 13.8 Å². The normalized spacial score (nSPS) is 20.4. The molecule has 1 atom stereocenters. The van der Waals surface area contributed by atoms with E-state index in [0.717, 1.165) is 6.29 Å². The minimum absolute atomic E-state index is 0.453. The predicted octanol–water partition coefficient (Wildman–Crippen LogP) is 1.97. The Morgan fingerprint density at radius 2 is 1.79 bits per heavy atom. The highest BCUT2D eigenvalue weighted by molar-refractivity contribution is 7.10. The molecule has 0 radical (unpaired) electrons. The van der Waals surface area contributed by atoms with Crippen LogP contribution in [0.1, 0.15) is 38.1 Å². The second-order valence-electron chi connectivity index (χ2n) is 5.58. The first-order valence-electron chi connectivity index (χ1n) is 6.13. The Kier molecular flexibility index (Phi) is 3.74. The Hall–Kier alpha value is -0.895. The van der Waals surface area contributed by atoms with Crippen LogP contribution in [-0.4, -0.2) is 24.6 Å². The number of carbonyl (C=O) groups excluding carboxylic acids is 1. The van der Waals surface area contributed by atoms with Crippen LogP contribution >= 0.6 is 9.47 Å². The SMILES string of the molecule is CC1(C)OB(c2c(C=O)cccc2OP)OC1(C)C. The third-order valence-corrected chi connectivity index (χ3v) is 4.10. The van der Waals surface area contributed by atoms with Gasteiger partial charge in [0.1, 0.15) is 12.0 Å². The van der Waals surface area contributed by atoms with E-state index in [1.165, 1.54) is 0 Å². The molecule has 6 heteroatoms. The van der Waals surface area contributed by atoms with Crippen LogP contribution in [0.4, 0.5) is 0 Å². The molecule has 1 fully saturated rings. The van der Waals surface area contributed by atoms with Crippen molar-refractivity contribution >= 4 is 28.3 Å². The lowest BCUT2D eigenvalue weighted by Crippen LogP contribution is -2.41. The summed E-state index contributed by atoms with van der Waals surface area (Å²) in [5, 5.41) is 0. The fourth-order valence-electron chi connectivity index (χ4n) is 1.98. The van der Waals surface area contributed by atoms with E-state index in [-0.39, 0.29) is 0 Å². The third kappa shape index (κ3) is 2.43. The van der Waals surface area contributed by atoms with Gasteiger partial charge in [0.15, 0.2) is 0 Å². The average Bonchev–Trinajstić information content (AvgIpc) is 2.57. The Bertz CT molecular complexity index is 485. The van der Waals surface area contributed by atoms with Gasteiger partial charge in [-0.3, -0.25) is 4.79 Å². The molecule has 0 spiro atoms. The molecule has 0 N–H and O–H groups in total. The summed E-state index contributed by atoms with van der Waals surface area (Å²) in [4.78, 5) is 11.2. The molecule has 0 aromatic heterocycles. The van der Waals surface area contributed by atoms with E-state index < -0.39 is 18.3 Å². The van der Waals surface area contributed by atoms with E-state index in [0.29, 0.717) is 16.8 Å². The summed E-state index contributed by atoms with van der Waals surface area (Å²) in [6.45, 7) is 7.88. The van der Waals surface area contributed by atoms with Crippen molar-refractivity contribution in [3.63, 3.8) is 0 Å². The Balaban J connectivity index is 2.47. The van der Waals surface area contributed by atoms with Crippen molar-refractivity contribution < 1.29 is 18.6 Å². The Morgan fingerprint density at radius 3 is 2.26 bits per heavy atom. The van der Waals surface area contributed by atoms with E-state index in [9.17, 15) is 4.79 Å². The maximum absolute atomic E-state index is 11.2. The van der Waals surface area contributed by atoms with E-state index >= 15 is 0 Å². The number of benzene rings is 1. The topological polar surface area (TPSA) is 44.8 Å². The molecule has 0 saturated carbocycles. The van der Waals surface area contributed by atoms with Gasteiger partial charge in [0.05, 0.1) is 20.7 Å². The van der Waals surface area contributed by atoms with Crippen molar-refractivity contribution in [1.82, 2.24) is 0 Å². The van der Waals surface area contributed by atoms with E-state index in [1.807, 2.05) is 27.7 Å².